The van der Waals surface area contributed by atoms with Crippen LogP contribution in [-0.2, 0) is 0 Å². The Kier molecular flexibility index (Phi) is 1.59. The van der Waals surface area contributed by atoms with E-state index in [1.807, 2.05) is 0 Å². The maximum Gasteiger partial charge on any atom is 0.232 e. The Hall–Kier alpha value is -1.50. The lowest BCUT2D eigenvalue weighted by Crippen LogP contribution is -1.94. The Morgan fingerprint density at radius 3 is 2.90 bits per heavy atom. The number of halogens is 1. The van der Waals surface area contributed by atoms with Gasteiger partial charge in [0.05, 0.1) is 11.9 Å². The van der Waals surface area contributed by atoms with E-state index in [4.69, 9.17) is 5.26 Å². The fourth-order valence-corrected chi connectivity index (χ4v) is 0.506. The van der Waals surface area contributed by atoms with E-state index in [1.165, 1.54) is 6.92 Å². The summed E-state index contributed by atoms with van der Waals surface area (Å²) in [5.41, 5.74) is 0.201. The average Bonchev–Trinajstić information content (AvgIpc) is 1.95. The first-order valence-electron chi connectivity index (χ1n) is 2.63. The second-order valence-electron chi connectivity index (χ2n) is 1.74. The Balaban J connectivity index is 3.20. The number of hydrogen-bond acceptors (Lipinski definition) is 3. The van der Waals surface area contributed by atoms with Gasteiger partial charge in [-0.25, -0.2) is 14.4 Å². The molecule has 0 radical (unpaired) electrons. The van der Waals surface area contributed by atoms with Gasteiger partial charge < -0.3 is 0 Å². The predicted molar refractivity (Wildman–Crippen MR) is 31.4 cm³/mol. The van der Waals surface area contributed by atoms with Crippen molar-refractivity contribution in [2.45, 2.75) is 6.92 Å². The van der Waals surface area contributed by atoms with Crippen LogP contribution in [0, 0.1) is 24.1 Å². The monoisotopic (exact) mass is 137 g/mol. The minimum absolute atomic E-state index is 0.00102. The van der Waals surface area contributed by atoms with E-state index in [-0.39, 0.29) is 11.5 Å². The highest BCUT2D eigenvalue weighted by atomic mass is 19.1. The molecule has 0 unspecified atom stereocenters. The molecule has 0 aliphatic rings. The van der Waals surface area contributed by atoms with Gasteiger partial charge in [-0.1, -0.05) is 0 Å². The zero-order valence-corrected chi connectivity index (χ0v) is 5.30. The summed E-state index contributed by atoms with van der Waals surface area (Å²) >= 11 is 0. The van der Waals surface area contributed by atoms with Crippen LogP contribution in [0.25, 0.3) is 0 Å². The molecule has 0 atom stereocenters. The van der Waals surface area contributed by atoms with Gasteiger partial charge in [0.25, 0.3) is 0 Å². The summed E-state index contributed by atoms with van der Waals surface area (Å²) in [6.45, 7) is 1.48. The van der Waals surface area contributed by atoms with Crippen molar-refractivity contribution in [2.75, 3.05) is 0 Å². The lowest BCUT2D eigenvalue weighted by molar-refractivity contribution is 0.600. The molecule has 0 aliphatic heterocycles. The molecule has 0 fully saturated rings. The number of aryl methyl sites for hydroxylation is 1. The molecule has 50 valence electrons. The van der Waals surface area contributed by atoms with Crippen LogP contribution in [0.3, 0.4) is 0 Å². The number of nitrogens with zero attached hydrogens (tertiary/aromatic N) is 3. The number of aromatic nitrogens is 2. The number of nitriles is 1. The molecule has 1 aromatic heterocycles. The number of rotatable bonds is 0. The van der Waals surface area contributed by atoms with Crippen LogP contribution in [0.4, 0.5) is 4.39 Å². The Morgan fingerprint density at radius 2 is 2.40 bits per heavy atom. The molecular weight excluding hydrogens is 133 g/mol. The summed E-state index contributed by atoms with van der Waals surface area (Å²) in [7, 11) is 0. The molecule has 0 saturated carbocycles. The Labute approximate surface area is 57.2 Å². The van der Waals surface area contributed by atoms with Crippen molar-refractivity contribution >= 4 is 0 Å². The summed E-state index contributed by atoms with van der Waals surface area (Å²) in [6, 6.07) is 1.71. The van der Waals surface area contributed by atoms with E-state index < -0.39 is 5.82 Å². The van der Waals surface area contributed by atoms with E-state index in [1.54, 1.807) is 6.07 Å². The van der Waals surface area contributed by atoms with Gasteiger partial charge in [0.15, 0.2) is 5.82 Å². The summed E-state index contributed by atoms with van der Waals surface area (Å²) in [4.78, 5) is 6.95. The molecule has 4 heteroatoms. The second kappa shape index (κ2) is 2.40. The maximum absolute atomic E-state index is 12.4. The van der Waals surface area contributed by atoms with Gasteiger partial charge in [0, 0.05) is 0 Å². The molecule has 0 N–H and O–H groups in total. The van der Waals surface area contributed by atoms with Crippen LogP contribution in [0.15, 0.2) is 6.20 Å². The van der Waals surface area contributed by atoms with Crippen molar-refractivity contribution in [3.63, 3.8) is 0 Å². The van der Waals surface area contributed by atoms with Gasteiger partial charge in [-0.15, -0.1) is 0 Å². The molecule has 0 amide bonds. The second-order valence-corrected chi connectivity index (χ2v) is 1.74. The average molecular weight is 137 g/mol. The minimum atomic E-state index is -0.487. The first-order chi connectivity index (χ1) is 4.74. The number of hydrogen-bond donors (Lipinski definition) is 0. The summed E-state index contributed by atoms with van der Waals surface area (Å²) < 4.78 is 12.4. The molecule has 0 saturated heterocycles. The first-order valence-corrected chi connectivity index (χ1v) is 2.63. The highest BCUT2D eigenvalue weighted by Crippen LogP contribution is 1.99. The Bertz CT molecular complexity index is 290. The van der Waals surface area contributed by atoms with Crippen molar-refractivity contribution < 1.29 is 4.39 Å². The Morgan fingerprint density at radius 1 is 1.70 bits per heavy atom. The quantitative estimate of drug-likeness (QED) is 0.531. The van der Waals surface area contributed by atoms with Crippen LogP contribution in [-0.4, -0.2) is 9.97 Å². The van der Waals surface area contributed by atoms with E-state index >= 15 is 0 Å². The fourth-order valence-electron chi connectivity index (χ4n) is 0.506. The van der Waals surface area contributed by atoms with Crippen molar-refractivity contribution in [3.05, 3.63) is 23.5 Å². The molecule has 1 rings (SSSR count). The highest BCUT2D eigenvalue weighted by Gasteiger charge is 1.99. The van der Waals surface area contributed by atoms with Crippen LogP contribution in [0.5, 0.6) is 0 Å². The third-order valence-corrected chi connectivity index (χ3v) is 1.02. The predicted octanol–water partition coefficient (Wildman–Crippen LogP) is 0.796. The van der Waals surface area contributed by atoms with E-state index in [2.05, 4.69) is 9.97 Å². The molecule has 10 heavy (non-hydrogen) atoms. The van der Waals surface area contributed by atoms with Crippen LogP contribution < -0.4 is 0 Å². The van der Waals surface area contributed by atoms with E-state index in [0.717, 1.165) is 6.20 Å². The maximum atomic E-state index is 12.4. The molecule has 0 bridgehead atoms. The smallest absolute Gasteiger partial charge is 0.224 e. The van der Waals surface area contributed by atoms with Crippen molar-refractivity contribution in [3.8, 4) is 6.07 Å². The van der Waals surface area contributed by atoms with Crippen molar-refractivity contribution in [2.24, 2.45) is 0 Å². The molecule has 0 aliphatic carbocycles. The third kappa shape index (κ3) is 1.08. The van der Waals surface area contributed by atoms with E-state index in [0.29, 0.717) is 0 Å². The van der Waals surface area contributed by atoms with Gasteiger partial charge in [0.2, 0.25) is 5.82 Å². The van der Waals surface area contributed by atoms with Gasteiger partial charge in [-0.3, -0.25) is 0 Å². The fraction of sp³-hybridized carbons (Fsp3) is 0.167. The van der Waals surface area contributed by atoms with Crippen molar-refractivity contribution in [1.82, 2.24) is 9.97 Å². The zero-order valence-electron chi connectivity index (χ0n) is 5.30. The van der Waals surface area contributed by atoms with E-state index in [9.17, 15) is 4.39 Å². The van der Waals surface area contributed by atoms with Crippen LogP contribution in [0.1, 0.15) is 11.5 Å². The third-order valence-electron chi connectivity index (χ3n) is 1.02. The summed E-state index contributed by atoms with van der Waals surface area (Å²) in [5.74, 6) is -0.488. The van der Waals surface area contributed by atoms with Gasteiger partial charge in [-0.2, -0.15) is 5.26 Å². The highest BCUT2D eigenvalue weighted by molar-refractivity contribution is 5.12. The largest absolute Gasteiger partial charge is 0.232 e. The molecule has 3 nitrogen and oxygen atoms in total. The van der Waals surface area contributed by atoms with Crippen LogP contribution in [0.2, 0.25) is 0 Å². The molecular formula is C6H4FN3. The molecule has 0 aromatic carbocycles. The van der Waals surface area contributed by atoms with Crippen molar-refractivity contribution in [1.29, 1.82) is 5.26 Å². The standard InChI is InChI=1S/C6H4FN3/c1-4-5(7)3-9-6(2-8)10-4/h3H,1H3. The minimum Gasteiger partial charge on any atom is -0.224 e. The summed E-state index contributed by atoms with van der Waals surface area (Å²) in [5, 5.41) is 8.26. The topological polar surface area (TPSA) is 49.6 Å². The molecule has 0 spiro atoms. The van der Waals surface area contributed by atoms with Gasteiger partial charge in [0.1, 0.15) is 6.07 Å². The first kappa shape index (κ1) is 6.62. The molecule has 1 aromatic rings. The molecule has 1 heterocycles. The van der Waals surface area contributed by atoms with Crippen LogP contribution >= 0.6 is 0 Å². The summed E-state index contributed by atoms with van der Waals surface area (Å²) in [6.07, 6.45) is 0.987. The zero-order chi connectivity index (χ0) is 7.56. The van der Waals surface area contributed by atoms with Gasteiger partial charge >= 0.3 is 0 Å². The lowest BCUT2D eigenvalue weighted by atomic mass is 10.4. The normalized spacial score (nSPS) is 8.90. The lowest BCUT2D eigenvalue weighted by Gasteiger charge is -1.91. The van der Waals surface area contributed by atoms with Gasteiger partial charge in [-0.05, 0) is 6.92 Å². The SMILES string of the molecule is Cc1nc(C#N)ncc1F.